The summed E-state index contributed by atoms with van der Waals surface area (Å²) in [6.07, 6.45) is 3.79. The van der Waals surface area contributed by atoms with Crippen molar-refractivity contribution in [3.05, 3.63) is 0 Å². The van der Waals surface area contributed by atoms with E-state index in [1.807, 2.05) is 6.92 Å². The second-order valence-corrected chi connectivity index (χ2v) is 4.07. The van der Waals surface area contributed by atoms with Gasteiger partial charge in [0.15, 0.2) is 0 Å². The first kappa shape index (κ1) is 13.5. The van der Waals surface area contributed by atoms with Crippen LogP contribution in [0.5, 0.6) is 0 Å². The number of ether oxygens (including phenoxy) is 2. The van der Waals surface area contributed by atoms with Gasteiger partial charge in [0.1, 0.15) is 0 Å². The molecule has 0 bridgehead atoms. The molecule has 0 unspecified atom stereocenters. The number of rotatable bonds is 7. The third kappa shape index (κ3) is 6.08. The van der Waals surface area contributed by atoms with Gasteiger partial charge < -0.3 is 9.47 Å². The van der Waals surface area contributed by atoms with Crippen LogP contribution in [0.4, 0.5) is 0 Å². The predicted molar refractivity (Wildman–Crippen MR) is 62.4 cm³/mol. The number of carbonyl (C=O) groups is 1. The van der Waals surface area contributed by atoms with Gasteiger partial charge in [0.05, 0.1) is 19.8 Å². The summed E-state index contributed by atoms with van der Waals surface area (Å²) in [5.74, 6) is -0.0612. The Kier molecular flexibility index (Phi) is 7.17. The first-order valence-corrected chi connectivity index (χ1v) is 6.28. The molecule has 1 aliphatic heterocycles. The fourth-order valence-corrected chi connectivity index (χ4v) is 1.84. The summed E-state index contributed by atoms with van der Waals surface area (Å²) in [6.45, 7) is 7.30. The molecule has 1 saturated heterocycles. The Hall–Kier alpha value is -0.610. The maximum absolute atomic E-state index is 11.1. The second kappa shape index (κ2) is 8.53. The predicted octanol–water partition coefficient (Wildman–Crippen LogP) is 1.44. The van der Waals surface area contributed by atoms with Crippen LogP contribution in [0.25, 0.3) is 0 Å². The van der Waals surface area contributed by atoms with Crippen molar-refractivity contribution in [3.8, 4) is 0 Å². The molecule has 0 spiro atoms. The topological polar surface area (TPSA) is 38.8 Å². The summed E-state index contributed by atoms with van der Waals surface area (Å²) in [4.78, 5) is 13.5. The van der Waals surface area contributed by atoms with Crippen LogP contribution in [0.15, 0.2) is 0 Å². The molecule has 0 radical (unpaired) electrons. The molecular formula is C12H23NO3. The van der Waals surface area contributed by atoms with Gasteiger partial charge in [-0.2, -0.15) is 0 Å². The van der Waals surface area contributed by atoms with Crippen LogP contribution in [0.1, 0.15) is 32.6 Å². The highest BCUT2D eigenvalue weighted by Crippen LogP contribution is 2.04. The van der Waals surface area contributed by atoms with E-state index < -0.39 is 0 Å². The Bertz CT molecular complexity index is 191. The summed E-state index contributed by atoms with van der Waals surface area (Å²) in [7, 11) is 0. The molecule has 4 heteroatoms. The lowest BCUT2D eigenvalue weighted by molar-refractivity contribution is -0.143. The number of unbranched alkanes of at least 4 members (excludes halogenated alkanes) is 2. The smallest absolute Gasteiger partial charge is 0.305 e. The number of nitrogens with zero attached hydrogens (tertiary/aromatic N) is 1. The number of hydrogen-bond acceptors (Lipinski definition) is 4. The van der Waals surface area contributed by atoms with Gasteiger partial charge in [0, 0.05) is 19.5 Å². The van der Waals surface area contributed by atoms with Crippen LogP contribution < -0.4 is 0 Å². The summed E-state index contributed by atoms with van der Waals surface area (Å²) < 4.78 is 10.2. The Balaban J connectivity index is 1.89. The van der Waals surface area contributed by atoms with Gasteiger partial charge in [-0.05, 0) is 26.3 Å². The lowest BCUT2D eigenvalue weighted by Crippen LogP contribution is -2.36. The van der Waals surface area contributed by atoms with E-state index in [-0.39, 0.29) is 5.97 Å². The maximum atomic E-state index is 11.1. The molecule has 4 nitrogen and oxygen atoms in total. The molecule has 1 heterocycles. The van der Waals surface area contributed by atoms with Crippen LogP contribution >= 0.6 is 0 Å². The number of carbonyl (C=O) groups excluding carboxylic acids is 1. The third-order valence-corrected chi connectivity index (χ3v) is 2.76. The second-order valence-electron chi connectivity index (χ2n) is 4.07. The average Bonchev–Trinajstić information content (AvgIpc) is 2.30. The van der Waals surface area contributed by atoms with Crippen LogP contribution in [0, 0.1) is 0 Å². The van der Waals surface area contributed by atoms with E-state index in [1.54, 1.807) is 0 Å². The number of esters is 1. The van der Waals surface area contributed by atoms with Crippen molar-refractivity contribution in [2.75, 3.05) is 39.5 Å². The Labute approximate surface area is 97.9 Å². The molecule has 0 amide bonds. The fraction of sp³-hybridized carbons (Fsp3) is 0.917. The largest absolute Gasteiger partial charge is 0.466 e. The standard InChI is InChI=1S/C12H23NO3/c1-2-16-12(14)6-4-3-5-7-13-8-10-15-11-9-13/h2-11H2,1H3. The Morgan fingerprint density at radius 1 is 1.25 bits per heavy atom. The van der Waals surface area contributed by atoms with E-state index in [0.717, 1.165) is 45.7 Å². The molecule has 0 aromatic carbocycles. The summed E-state index contributed by atoms with van der Waals surface area (Å²) in [5, 5.41) is 0. The molecule has 94 valence electrons. The van der Waals surface area contributed by atoms with Crippen molar-refractivity contribution in [2.45, 2.75) is 32.6 Å². The van der Waals surface area contributed by atoms with E-state index >= 15 is 0 Å². The molecule has 1 aliphatic rings. The van der Waals surface area contributed by atoms with Crippen LogP contribution in [-0.4, -0.2) is 50.3 Å². The first-order chi connectivity index (χ1) is 7.83. The van der Waals surface area contributed by atoms with Crippen LogP contribution in [0.2, 0.25) is 0 Å². The average molecular weight is 229 g/mol. The van der Waals surface area contributed by atoms with Crippen molar-refractivity contribution in [1.29, 1.82) is 0 Å². The fourth-order valence-electron chi connectivity index (χ4n) is 1.84. The van der Waals surface area contributed by atoms with Gasteiger partial charge >= 0.3 is 5.97 Å². The number of morpholine rings is 1. The third-order valence-electron chi connectivity index (χ3n) is 2.76. The van der Waals surface area contributed by atoms with Crippen LogP contribution in [-0.2, 0) is 14.3 Å². The molecule has 0 aromatic rings. The highest BCUT2D eigenvalue weighted by atomic mass is 16.5. The Morgan fingerprint density at radius 3 is 2.69 bits per heavy atom. The minimum atomic E-state index is -0.0612. The quantitative estimate of drug-likeness (QED) is 0.489. The summed E-state index contributed by atoms with van der Waals surface area (Å²) in [6, 6.07) is 0. The van der Waals surface area contributed by atoms with Gasteiger partial charge in [-0.15, -0.1) is 0 Å². The van der Waals surface area contributed by atoms with E-state index in [9.17, 15) is 4.79 Å². The molecule has 0 saturated carbocycles. The van der Waals surface area contributed by atoms with E-state index in [4.69, 9.17) is 9.47 Å². The van der Waals surface area contributed by atoms with E-state index in [1.165, 1.54) is 6.42 Å². The number of hydrogen-bond donors (Lipinski definition) is 0. The minimum Gasteiger partial charge on any atom is -0.466 e. The van der Waals surface area contributed by atoms with E-state index in [2.05, 4.69) is 4.90 Å². The van der Waals surface area contributed by atoms with Gasteiger partial charge in [-0.1, -0.05) is 6.42 Å². The van der Waals surface area contributed by atoms with Crippen molar-refractivity contribution in [3.63, 3.8) is 0 Å². The summed E-state index contributed by atoms with van der Waals surface area (Å²) in [5.41, 5.74) is 0. The van der Waals surface area contributed by atoms with E-state index in [0.29, 0.717) is 13.0 Å². The van der Waals surface area contributed by atoms with Crippen molar-refractivity contribution in [1.82, 2.24) is 4.90 Å². The van der Waals surface area contributed by atoms with Gasteiger partial charge in [-0.3, -0.25) is 9.69 Å². The summed E-state index contributed by atoms with van der Waals surface area (Å²) >= 11 is 0. The molecule has 1 rings (SSSR count). The molecule has 16 heavy (non-hydrogen) atoms. The zero-order valence-electron chi connectivity index (χ0n) is 10.2. The minimum absolute atomic E-state index is 0.0612. The monoisotopic (exact) mass is 229 g/mol. The lowest BCUT2D eigenvalue weighted by Gasteiger charge is -2.26. The van der Waals surface area contributed by atoms with Crippen LogP contribution in [0.3, 0.4) is 0 Å². The normalized spacial score (nSPS) is 17.3. The van der Waals surface area contributed by atoms with Gasteiger partial charge in [0.2, 0.25) is 0 Å². The Morgan fingerprint density at radius 2 is 2.00 bits per heavy atom. The zero-order chi connectivity index (χ0) is 11.6. The zero-order valence-corrected chi connectivity index (χ0v) is 10.2. The maximum Gasteiger partial charge on any atom is 0.305 e. The van der Waals surface area contributed by atoms with Crippen molar-refractivity contribution in [2.24, 2.45) is 0 Å². The molecule has 1 fully saturated rings. The highest BCUT2D eigenvalue weighted by molar-refractivity contribution is 5.69. The van der Waals surface area contributed by atoms with Crippen molar-refractivity contribution < 1.29 is 14.3 Å². The molecule has 0 aliphatic carbocycles. The first-order valence-electron chi connectivity index (χ1n) is 6.28. The van der Waals surface area contributed by atoms with Gasteiger partial charge in [-0.25, -0.2) is 0 Å². The SMILES string of the molecule is CCOC(=O)CCCCCN1CCOCC1. The lowest BCUT2D eigenvalue weighted by atomic mass is 10.2. The molecule has 0 N–H and O–H groups in total. The van der Waals surface area contributed by atoms with Gasteiger partial charge in [0.25, 0.3) is 0 Å². The molecule has 0 atom stereocenters. The molecular weight excluding hydrogens is 206 g/mol. The molecule has 0 aromatic heterocycles. The van der Waals surface area contributed by atoms with Crippen molar-refractivity contribution >= 4 is 5.97 Å². The highest BCUT2D eigenvalue weighted by Gasteiger charge is 2.09.